The van der Waals surface area contributed by atoms with E-state index in [4.69, 9.17) is 0 Å². The number of carbonyl (C=O) groups is 1. The molecule has 3 rings (SSSR count). The van der Waals surface area contributed by atoms with Crippen LogP contribution in [0.5, 0.6) is 0 Å². The molecule has 150 valence electrons. The van der Waals surface area contributed by atoms with Gasteiger partial charge in [-0.3, -0.25) is 4.79 Å². The van der Waals surface area contributed by atoms with Crippen molar-refractivity contribution in [2.24, 2.45) is 5.92 Å². The number of nitrogens with one attached hydrogen (secondary N) is 1. The molecule has 1 unspecified atom stereocenters. The van der Waals surface area contributed by atoms with Crippen LogP contribution in [0.2, 0.25) is 0 Å². The minimum Gasteiger partial charge on any atom is -0.342 e. The molecule has 28 heavy (non-hydrogen) atoms. The van der Waals surface area contributed by atoms with E-state index < -0.39 is 10.0 Å². The molecule has 0 saturated carbocycles. The summed E-state index contributed by atoms with van der Waals surface area (Å²) in [5.41, 5.74) is 2.30. The van der Waals surface area contributed by atoms with Crippen LogP contribution in [0.25, 0.3) is 0 Å². The predicted octanol–water partition coefficient (Wildman–Crippen LogP) is 3.18. The van der Waals surface area contributed by atoms with Crippen LogP contribution in [-0.2, 0) is 21.2 Å². The maximum absolute atomic E-state index is 12.5. The number of hydrogen-bond donors (Lipinski definition) is 1. The SMILES string of the molecule is CC(C)c1ccc(S(=O)(=O)NCC2CC(=O)N(CCc3ccccc3)C2)cc1. The Kier molecular flexibility index (Phi) is 6.52. The lowest BCUT2D eigenvalue weighted by Crippen LogP contribution is -2.32. The van der Waals surface area contributed by atoms with Crippen molar-refractivity contribution in [2.75, 3.05) is 19.6 Å². The second kappa shape index (κ2) is 8.88. The third-order valence-electron chi connectivity index (χ3n) is 5.23. The van der Waals surface area contributed by atoms with E-state index in [1.165, 1.54) is 5.56 Å². The normalized spacial score (nSPS) is 17.5. The fourth-order valence-corrected chi connectivity index (χ4v) is 4.57. The van der Waals surface area contributed by atoms with Crippen molar-refractivity contribution >= 4 is 15.9 Å². The third kappa shape index (κ3) is 5.20. The lowest BCUT2D eigenvalue weighted by molar-refractivity contribution is -0.127. The molecule has 1 heterocycles. The third-order valence-corrected chi connectivity index (χ3v) is 6.67. The highest BCUT2D eigenvalue weighted by Crippen LogP contribution is 2.20. The quantitative estimate of drug-likeness (QED) is 0.740. The van der Waals surface area contributed by atoms with Gasteiger partial charge in [-0.25, -0.2) is 13.1 Å². The molecule has 0 aromatic heterocycles. The summed E-state index contributed by atoms with van der Waals surface area (Å²) in [4.78, 5) is 14.4. The molecule has 0 spiro atoms. The Hall–Kier alpha value is -2.18. The van der Waals surface area contributed by atoms with E-state index in [0.717, 1.165) is 12.0 Å². The summed E-state index contributed by atoms with van der Waals surface area (Å²) in [5.74, 6) is 0.463. The molecule has 1 fully saturated rings. The standard InChI is InChI=1S/C22H28N2O3S/c1-17(2)20-8-10-21(11-9-20)28(26,27)23-15-19-14-22(25)24(16-19)13-12-18-6-4-3-5-7-18/h3-11,17,19,23H,12-16H2,1-2H3. The van der Waals surface area contributed by atoms with Gasteiger partial charge < -0.3 is 4.90 Å². The Balaban J connectivity index is 1.52. The number of benzene rings is 2. The van der Waals surface area contributed by atoms with E-state index in [9.17, 15) is 13.2 Å². The van der Waals surface area contributed by atoms with Crippen molar-refractivity contribution in [1.29, 1.82) is 0 Å². The molecule has 1 atom stereocenters. The Morgan fingerprint density at radius 1 is 1.07 bits per heavy atom. The number of nitrogens with zero attached hydrogens (tertiary/aromatic N) is 1. The van der Waals surface area contributed by atoms with E-state index in [1.807, 2.05) is 35.2 Å². The zero-order valence-electron chi connectivity index (χ0n) is 16.5. The van der Waals surface area contributed by atoms with Crippen molar-refractivity contribution in [3.63, 3.8) is 0 Å². The second-order valence-electron chi connectivity index (χ2n) is 7.72. The van der Waals surface area contributed by atoms with Crippen molar-refractivity contribution in [2.45, 2.75) is 37.5 Å². The monoisotopic (exact) mass is 400 g/mol. The van der Waals surface area contributed by atoms with Gasteiger partial charge in [0.05, 0.1) is 4.90 Å². The Morgan fingerprint density at radius 3 is 2.39 bits per heavy atom. The first-order chi connectivity index (χ1) is 13.3. The van der Waals surface area contributed by atoms with Crippen LogP contribution in [0.4, 0.5) is 0 Å². The number of hydrogen-bond acceptors (Lipinski definition) is 3. The van der Waals surface area contributed by atoms with Gasteiger partial charge in [-0.15, -0.1) is 0 Å². The van der Waals surface area contributed by atoms with Gasteiger partial charge in [0.1, 0.15) is 0 Å². The number of sulfonamides is 1. The summed E-state index contributed by atoms with van der Waals surface area (Å²) >= 11 is 0. The van der Waals surface area contributed by atoms with Gasteiger partial charge in [0, 0.05) is 26.1 Å². The summed E-state index contributed by atoms with van der Waals surface area (Å²) in [5, 5.41) is 0. The van der Waals surface area contributed by atoms with E-state index >= 15 is 0 Å². The summed E-state index contributed by atoms with van der Waals surface area (Å²) in [6, 6.07) is 17.1. The summed E-state index contributed by atoms with van der Waals surface area (Å²) in [7, 11) is -3.56. The first-order valence-electron chi connectivity index (χ1n) is 9.76. The molecule has 1 aliphatic rings. The molecule has 1 saturated heterocycles. The number of amides is 1. The maximum atomic E-state index is 12.5. The van der Waals surface area contributed by atoms with Gasteiger partial charge in [-0.05, 0) is 41.5 Å². The second-order valence-corrected chi connectivity index (χ2v) is 9.49. The fourth-order valence-electron chi connectivity index (χ4n) is 3.46. The zero-order valence-corrected chi connectivity index (χ0v) is 17.3. The highest BCUT2D eigenvalue weighted by atomic mass is 32.2. The van der Waals surface area contributed by atoms with Gasteiger partial charge in [0.15, 0.2) is 0 Å². The molecule has 1 amide bonds. The largest absolute Gasteiger partial charge is 0.342 e. The predicted molar refractivity (Wildman–Crippen MR) is 111 cm³/mol. The van der Waals surface area contributed by atoms with Gasteiger partial charge in [-0.2, -0.15) is 0 Å². The van der Waals surface area contributed by atoms with Crippen molar-refractivity contribution < 1.29 is 13.2 Å². The molecule has 0 bridgehead atoms. The molecule has 0 radical (unpaired) electrons. The highest BCUT2D eigenvalue weighted by molar-refractivity contribution is 7.89. The first-order valence-corrected chi connectivity index (χ1v) is 11.2. The van der Waals surface area contributed by atoms with E-state index in [-0.39, 0.29) is 23.3 Å². The Labute approximate surface area is 167 Å². The summed E-state index contributed by atoms with van der Waals surface area (Å²) in [6.07, 6.45) is 1.21. The molecule has 6 heteroatoms. The highest BCUT2D eigenvalue weighted by Gasteiger charge is 2.30. The van der Waals surface area contributed by atoms with Crippen LogP contribution in [0.15, 0.2) is 59.5 Å². The molecular weight excluding hydrogens is 372 g/mol. The van der Waals surface area contributed by atoms with E-state index in [1.54, 1.807) is 12.1 Å². The lowest BCUT2D eigenvalue weighted by Gasteiger charge is -2.17. The fraction of sp³-hybridized carbons (Fsp3) is 0.409. The van der Waals surface area contributed by atoms with Crippen molar-refractivity contribution in [3.05, 3.63) is 65.7 Å². The van der Waals surface area contributed by atoms with Gasteiger partial charge in [-0.1, -0.05) is 56.3 Å². The molecule has 5 nitrogen and oxygen atoms in total. The molecular formula is C22H28N2O3S. The van der Waals surface area contributed by atoms with Crippen LogP contribution in [0.1, 0.15) is 37.3 Å². The molecule has 2 aromatic rings. The van der Waals surface area contributed by atoms with Crippen LogP contribution >= 0.6 is 0 Å². The topological polar surface area (TPSA) is 66.5 Å². The molecule has 1 N–H and O–H groups in total. The number of likely N-dealkylation sites (tertiary alicyclic amines) is 1. The average Bonchev–Trinajstić information content (AvgIpc) is 3.05. The Bertz CT molecular complexity index is 893. The average molecular weight is 401 g/mol. The Morgan fingerprint density at radius 2 is 1.75 bits per heavy atom. The maximum Gasteiger partial charge on any atom is 0.240 e. The summed E-state index contributed by atoms with van der Waals surface area (Å²) < 4.78 is 27.7. The van der Waals surface area contributed by atoms with Crippen LogP contribution < -0.4 is 4.72 Å². The first kappa shape index (κ1) is 20.6. The van der Waals surface area contributed by atoms with Crippen molar-refractivity contribution in [1.82, 2.24) is 9.62 Å². The molecule has 0 aliphatic carbocycles. The van der Waals surface area contributed by atoms with Crippen LogP contribution in [0.3, 0.4) is 0 Å². The van der Waals surface area contributed by atoms with Crippen LogP contribution in [0, 0.1) is 5.92 Å². The lowest BCUT2D eigenvalue weighted by atomic mass is 10.0. The molecule has 1 aliphatic heterocycles. The minimum atomic E-state index is -3.56. The smallest absolute Gasteiger partial charge is 0.240 e. The number of carbonyl (C=O) groups excluding carboxylic acids is 1. The molecule has 2 aromatic carbocycles. The van der Waals surface area contributed by atoms with Gasteiger partial charge in [0.25, 0.3) is 0 Å². The zero-order chi connectivity index (χ0) is 20.1. The van der Waals surface area contributed by atoms with E-state index in [2.05, 4.69) is 30.7 Å². The van der Waals surface area contributed by atoms with Gasteiger partial charge >= 0.3 is 0 Å². The van der Waals surface area contributed by atoms with Crippen molar-refractivity contribution in [3.8, 4) is 0 Å². The summed E-state index contributed by atoms with van der Waals surface area (Å²) in [6.45, 7) is 5.69. The van der Waals surface area contributed by atoms with Gasteiger partial charge in [0.2, 0.25) is 15.9 Å². The minimum absolute atomic E-state index is 0.00739. The van der Waals surface area contributed by atoms with Crippen LogP contribution in [-0.4, -0.2) is 38.9 Å². The number of rotatable bonds is 8. The van der Waals surface area contributed by atoms with E-state index in [0.29, 0.717) is 25.4 Å².